The number of nitrogens with two attached hydrogens (primary N) is 1. The molecule has 0 unspecified atom stereocenters. The first kappa shape index (κ1) is 13.4. The van der Waals surface area contributed by atoms with Crippen LogP contribution in [-0.2, 0) is 6.54 Å². The Kier molecular flexibility index (Phi) is 4.08. The zero-order valence-corrected chi connectivity index (χ0v) is 10.6. The first-order valence-electron chi connectivity index (χ1n) is 5.47. The minimum atomic E-state index is -0.605. The van der Waals surface area contributed by atoms with E-state index in [0.29, 0.717) is 18.8 Å². The summed E-state index contributed by atoms with van der Waals surface area (Å²) in [6, 6.07) is 3.98. The number of nitrogens with zero attached hydrogens (tertiary/aromatic N) is 3. The molecule has 0 fully saturated rings. The number of anilines is 1. The molecule has 0 aliphatic heterocycles. The molecule has 0 aliphatic rings. The summed E-state index contributed by atoms with van der Waals surface area (Å²) >= 11 is 5.55. The smallest absolute Gasteiger partial charge is 0.277 e. The number of halogens is 2. The molecule has 19 heavy (non-hydrogen) atoms. The molecule has 0 atom stereocenters. The molecule has 2 rings (SSSR count). The van der Waals surface area contributed by atoms with Crippen LogP contribution in [0, 0.1) is 5.82 Å². The average Bonchev–Trinajstić information content (AvgIpc) is 2.83. The number of carbonyl (C=O) groups excluding carboxylic acids is 1. The molecule has 3 N–H and O–H groups in total. The second kappa shape index (κ2) is 5.77. The Morgan fingerprint density at radius 3 is 3.00 bits per heavy atom. The Hall–Kier alpha value is -1.99. The van der Waals surface area contributed by atoms with Crippen molar-refractivity contribution in [3.05, 3.63) is 40.9 Å². The predicted molar refractivity (Wildman–Crippen MR) is 68.4 cm³/mol. The number of aromatic nitrogens is 3. The SMILES string of the molecule is NCCn1cc(C(=O)Nc2ccc(Cl)c(F)c2)nn1. The van der Waals surface area contributed by atoms with Crippen molar-refractivity contribution in [2.24, 2.45) is 5.73 Å². The normalized spacial score (nSPS) is 10.5. The molecule has 1 amide bonds. The molecule has 0 bridgehead atoms. The van der Waals surface area contributed by atoms with E-state index in [0.717, 1.165) is 6.07 Å². The van der Waals surface area contributed by atoms with Crippen molar-refractivity contribution in [3.63, 3.8) is 0 Å². The van der Waals surface area contributed by atoms with Crippen LogP contribution in [-0.4, -0.2) is 27.4 Å². The molecule has 100 valence electrons. The molecule has 6 nitrogen and oxygen atoms in total. The largest absolute Gasteiger partial charge is 0.329 e. The maximum Gasteiger partial charge on any atom is 0.277 e. The third-order valence-electron chi connectivity index (χ3n) is 2.31. The summed E-state index contributed by atoms with van der Waals surface area (Å²) in [5.74, 6) is -1.09. The molecule has 1 aromatic carbocycles. The highest BCUT2D eigenvalue weighted by molar-refractivity contribution is 6.30. The lowest BCUT2D eigenvalue weighted by Gasteiger charge is -2.03. The van der Waals surface area contributed by atoms with Crippen LogP contribution in [0.1, 0.15) is 10.5 Å². The molecular formula is C11H11ClFN5O. The van der Waals surface area contributed by atoms with Gasteiger partial charge in [-0.3, -0.25) is 9.48 Å². The minimum Gasteiger partial charge on any atom is -0.329 e. The highest BCUT2D eigenvalue weighted by Gasteiger charge is 2.11. The van der Waals surface area contributed by atoms with Gasteiger partial charge in [0.25, 0.3) is 5.91 Å². The van der Waals surface area contributed by atoms with E-state index in [4.69, 9.17) is 17.3 Å². The second-order valence-corrected chi connectivity index (χ2v) is 4.15. The molecular weight excluding hydrogens is 273 g/mol. The van der Waals surface area contributed by atoms with Gasteiger partial charge < -0.3 is 11.1 Å². The van der Waals surface area contributed by atoms with Gasteiger partial charge >= 0.3 is 0 Å². The van der Waals surface area contributed by atoms with E-state index in [1.807, 2.05) is 0 Å². The van der Waals surface area contributed by atoms with Gasteiger partial charge in [-0.2, -0.15) is 0 Å². The van der Waals surface area contributed by atoms with Crippen molar-refractivity contribution in [1.29, 1.82) is 0 Å². The lowest BCUT2D eigenvalue weighted by molar-refractivity contribution is 0.102. The molecule has 0 saturated carbocycles. The Balaban J connectivity index is 2.09. The third-order valence-corrected chi connectivity index (χ3v) is 2.61. The van der Waals surface area contributed by atoms with Gasteiger partial charge in [0, 0.05) is 12.2 Å². The van der Waals surface area contributed by atoms with E-state index in [1.54, 1.807) is 0 Å². The monoisotopic (exact) mass is 283 g/mol. The predicted octanol–water partition coefficient (Wildman–Crippen LogP) is 1.28. The molecule has 0 aliphatic carbocycles. The lowest BCUT2D eigenvalue weighted by Crippen LogP contribution is -2.13. The summed E-state index contributed by atoms with van der Waals surface area (Å²) in [5, 5.41) is 9.92. The molecule has 0 radical (unpaired) electrons. The van der Waals surface area contributed by atoms with Crippen LogP contribution in [0.15, 0.2) is 24.4 Å². The minimum absolute atomic E-state index is 0.00751. The molecule has 8 heteroatoms. The van der Waals surface area contributed by atoms with Gasteiger partial charge in [0.15, 0.2) is 5.69 Å². The molecule has 1 heterocycles. The van der Waals surface area contributed by atoms with Gasteiger partial charge in [0.05, 0.1) is 17.8 Å². The van der Waals surface area contributed by atoms with E-state index in [9.17, 15) is 9.18 Å². The van der Waals surface area contributed by atoms with E-state index < -0.39 is 11.7 Å². The summed E-state index contributed by atoms with van der Waals surface area (Å²) in [4.78, 5) is 11.8. The van der Waals surface area contributed by atoms with Crippen LogP contribution < -0.4 is 11.1 Å². The van der Waals surface area contributed by atoms with E-state index in [1.165, 1.54) is 23.0 Å². The van der Waals surface area contributed by atoms with Crippen LogP contribution in [0.5, 0.6) is 0 Å². The summed E-state index contributed by atoms with van der Waals surface area (Å²) in [5.41, 5.74) is 5.78. The first-order chi connectivity index (χ1) is 9.10. The maximum absolute atomic E-state index is 13.2. The lowest BCUT2D eigenvalue weighted by atomic mass is 10.3. The Morgan fingerprint density at radius 2 is 2.32 bits per heavy atom. The number of rotatable bonds is 4. The van der Waals surface area contributed by atoms with Gasteiger partial charge in [0.1, 0.15) is 5.82 Å². The highest BCUT2D eigenvalue weighted by atomic mass is 35.5. The second-order valence-electron chi connectivity index (χ2n) is 3.74. The Labute approximate surface area is 113 Å². The highest BCUT2D eigenvalue weighted by Crippen LogP contribution is 2.18. The summed E-state index contributed by atoms with van der Waals surface area (Å²) in [7, 11) is 0. The number of amides is 1. The maximum atomic E-state index is 13.2. The first-order valence-corrected chi connectivity index (χ1v) is 5.84. The molecule has 0 spiro atoms. The zero-order chi connectivity index (χ0) is 13.8. The van der Waals surface area contributed by atoms with Crippen LogP contribution in [0.3, 0.4) is 0 Å². The van der Waals surface area contributed by atoms with Crippen molar-refractivity contribution in [1.82, 2.24) is 15.0 Å². The Bertz CT molecular complexity index is 601. The van der Waals surface area contributed by atoms with Crippen molar-refractivity contribution in [2.45, 2.75) is 6.54 Å². The van der Waals surface area contributed by atoms with Crippen LogP contribution >= 0.6 is 11.6 Å². The topological polar surface area (TPSA) is 85.8 Å². The van der Waals surface area contributed by atoms with Crippen molar-refractivity contribution in [3.8, 4) is 0 Å². The van der Waals surface area contributed by atoms with E-state index in [-0.39, 0.29) is 10.7 Å². The fourth-order valence-corrected chi connectivity index (χ4v) is 1.53. The van der Waals surface area contributed by atoms with Crippen LogP contribution in [0.2, 0.25) is 5.02 Å². The number of carbonyl (C=O) groups is 1. The quantitative estimate of drug-likeness (QED) is 0.885. The third kappa shape index (κ3) is 3.27. The Morgan fingerprint density at radius 1 is 1.53 bits per heavy atom. The van der Waals surface area contributed by atoms with Gasteiger partial charge in [-0.05, 0) is 18.2 Å². The zero-order valence-electron chi connectivity index (χ0n) is 9.81. The van der Waals surface area contributed by atoms with Crippen molar-refractivity contribution in [2.75, 3.05) is 11.9 Å². The number of benzene rings is 1. The summed E-state index contributed by atoms with van der Waals surface area (Å²) in [6.07, 6.45) is 1.47. The number of hydrogen-bond acceptors (Lipinski definition) is 4. The molecule has 1 aromatic heterocycles. The van der Waals surface area contributed by atoms with Crippen molar-refractivity contribution < 1.29 is 9.18 Å². The fraction of sp³-hybridized carbons (Fsp3) is 0.182. The van der Waals surface area contributed by atoms with E-state index >= 15 is 0 Å². The number of nitrogens with one attached hydrogen (secondary N) is 1. The standard InChI is InChI=1S/C11H11ClFN5O/c12-8-2-1-7(5-9(8)13)15-11(19)10-6-18(4-3-14)17-16-10/h1-2,5-6H,3-4,14H2,(H,15,19). The van der Waals surface area contributed by atoms with Crippen LogP contribution in [0.25, 0.3) is 0 Å². The summed E-state index contributed by atoms with van der Waals surface area (Å²) in [6.45, 7) is 0.864. The number of hydrogen-bond donors (Lipinski definition) is 2. The van der Waals surface area contributed by atoms with Crippen LogP contribution in [0.4, 0.5) is 10.1 Å². The van der Waals surface area contributed by atoms with Crippen molar-refractivity contribution >= 4 is 23.2 Å². The molecule has 0 saturated heterocycles. The van der Waals surface area contributed by atoms with E-state index in [2.05, 4.69) is 15.6 Å². The van der Waals surface area contributed by atoms with Gasteiger partial charge in [-0.25, -0.2) is 4.39 Å². The average molecular weight is 284 g/mol. The fourth-order valence-electron chi connectivity index (χ4n) is 1.41. The summed E-state index contributed by atoms with van der Waals surface area (Å²) < 4.78 is 14.7. The van der Waals surface area contributed by atoms with Gasteiger partial charge in [-0.1, -0.05) is 16.8 Å². The molecule has 2 aromatic rings. The van der Waals surface area contributed by atoms with Gasteiger partial charge in [-0.15, -0.1) is 5.10 Å². The van der Waals surface area contributed by atoms with Gasteiger partial charge in [0.2, 0.25) is 0 Å².